The van der Waals surface area contributed by atoms with Crippen molar-refractivity contribution < 1.29 is 4.79 Å². The van der Waals surface area contributed by atoms with Gasteiger partial charge in [0, 0.05) is 11.6 Å². The third-order valence-corrected chi connectivity index (χ3v) is 4.48. The number of nitriles is 1. The summed E-state index contributed by atoms with van der Waals surface area (Å²) >= 11 is 1.25. The first-order valence-electron chi connectivity index (χ1n) is 8.23. The second-order valence-corrected chi connectivity index (χ2v) is 6.44. The maximum atomic E-state index is 11.4. The number of hydrogen-bond donors (Lipinski definition) is 3. The van der Waals surface area contributed by atoms with E-state index < -0.39 is 11.9 Å². The predicted octanol–water partition coefficient (Wildman–Crippen LogP) is 2.89. The minimum absolute atomic E-state index is 0.141. The van der Waals surface area contributed by atoms with Crippen molar-refractivity contribution in [1.82, 2.24) is 14.3 Å². The van der Waals surface area contributed by atoms with Crippen LogP contribution in [-0.4, -0.2) is 26.3 Å². The van der Waals surface area contributed by atoms with E-state index in [0.29, 0.717) is 12.2 Å². The number of nitrogens with one attached hydrogen (secondary N) is 2. The largest absolute Gasteiger partial charge is 0.368 e. The number of carbonyl (C=O) groups is 1. The van der Waals surface area contributed by atoms with Crippen LogP contribution in [0.4, 0.5) is 16.6 Å². The van der Waals surface area contributed by atoms with Crippen molar-refractivity contribution >= 4 is 34.1 Å². The summed E-state index contributed by atoms with van der Waals surface area (Å²) in [5, 5.41) is 16.0. The molecule has 0 bridgehead atoms. The molecule has 1 unspecified atom stereocenters. The van der Waals surface area contributed by atoms with Crippen molar-refractivity contribution in [2.75, 3.05) is 10.6 Å². The molecule has 0 aliphatic rings. The van der Waals surface area contributed by atoms with Gasteiger partial charge in [0.15, 0.2) is 11.5 Å². The van der Waals surface area contributed by atoms with Crippen LogP contribution in [0, 0.1) is 11.3 Å². The highest BCUT2D eigenvalue weighted by molar-refractivity contribution is 7.10. The smallest absolute Gasteiger partial charge is 0.239 e. The molecule has 0 saturated heterocycles. The molecule has 0 aliphatic heterocycles. The Kier molecular flexibility index (Phi) is 5.58. The molecule has 0 spiro atoms. The van der Waals surface area contributed by atoms with E-state index >= 15 is 0 Å². The lowest BCUT2D eigenvalue weighted by atomic mass is 10.2. The number of rotatable bonds is 7. The van der Waals surface area contributed by atoms with Crippen LogP contribution in [-0.2, 0) is 4.79 Å². The van der Waals surface area contributed by atoms with E-state index in [2.05, 4.69) is 25.0 Å². The molecule has 4 N–H and O–H groups in total. The molecule has 1 amide bonds. The molecule has 136 valence electrons. The van der Waals surface area contributed by atoms with Gasteiger partial charge in [0.25, 0.3) is 0 Å². The van der Waals surface area contributed by atoms with Crippen molar-refractivity contribution in [2.45, 2.75) is 19.4 Å². The molecule has 3 aromatic rings. The van der Waals surface area contributed by atoms with Crippen molar-refractivity contribution in [1.29, 1.82) is 5.26 Å². The van der Waals surface area contributed by atoms with Crippen molar-refractivity contribution in [3.8, 4) is 17.3 Å². The number of nitrogens with zero attached hydrogens (tertiary/aromatic N) is 4. The van der Waals surface area contributed by atoms with Crippen LogP contribution < -0.4 is 16.4 Å². The number of anilines is 3. The number of primary amides is 1. The summed E-state index contributed by atoms with van der Waals surface area (Å²) in [6, 6.07) is 13.1. The molecule has 0 radical (unpaired) electrons. The van der Waals surface area contributed by atoms with Crippen molar-refractivity contribution in [3.05, 3.63) is 48.3 Å². The number of hydrogen-bond acceptors (Lipinski definition) is 8. The van der Waals surface area contributed by atoms with Gasteiger partial charge in [0.05, 0.1) is 11.9 Å². The van der Waals surface area contributed by atoms with Gasteiger partial charge in [-0.15, -0.1) is 0 Å². The Morgan fingerprint density at radius 2 is 2.15 bits per heavy atom. The Hall–Kier alpha value is -3.51. The highest BCUT2D eigenvalue weighted by Gasteiger charge is 2.15. The zero-order valence-electron chi connectivity index (χ0n) is 14.5. The molecule has 2 aromatic heterocycles. The number of carbonyl (C=O) groups excluding carboxylic acids is 1. The van der Waals surface area contributed by atoms with E-state index in [9.17, 15) is 10.1 Å². The van der Waals surface area contributed by atoms with E-state index in [-0.39, 0.29) is 11.5 Å². The molecule has 0 aliphatic carbocycles. The Bertz CT molecular complexity index is 981. The number of amides is 1. The molecule has 1 atom stereocenters. The summed E-state index contributed by atoms with van der Waals surface area (Å²) in [5.74, 6) is 0.160. The van der Waals surface area contributed by atoms with Crippen molar-refractivity contribution in [3.63, 3.8) is 0 Å². The Balaban J connectivity index is 1.84. The third-order valence-electron chi connectivity index (χ3n) is 3.77. The Morgan fingerprint density at radius 1 is 1.37 bits per heavy atom. The monoisotopic (exact) mass is 379 g/mol. The second kappa shape index (κ2) is 8.25. The van der Waals surface area contributed by atoms with Gasteiger partial charge in [-0.25, -0.2) is 9.97 Å². The number of nitrogens with two attached hydrogens (primary N) is 1. The summed E-state index contributed by atoms with van der Waals surface area (Å²) in [6.45, 7) is 1.83. The first-order valence-corrected chi connectivity index (χ1v) is 9.00. The first-order chi connectivity index (χ1) is 13.1. The van der Waals surface area contributed by atoms with E-state index in [0.717, 1.165) is 16.3 Å². The normalized spacial score (nSPS) is 11.4. The van der Waals surface area contributed by atoms with Gasteiger partial charge in [0.2, 0.25) is 5.91 Å². The van der Waals surface area contributed by atoms with E-state index in [1.807, 2.05) is 49.4 Å². The average molecular weight is 379 g/mol. The predicted molar refractivity (Wildman–Crippen MR) is 104 cm³/mol. The van der Waals surface area contributed by atoms with Gasteiger partial charge in [-0.3, -0.25) is 4.79 Å². The van der Waals surface area contributed by atoms with Gasteiger partial charge in [-0.1, -0.05) is 37.3 Å². The molecular formula is C18H17N7OS. The molecule has 8 nitrogen and oxygen atoms in total. The van der Waals surface area contributed by atoms with Crippen LogP contribution in [0.5, 0.6) is 0 Å². The average Bonchev–Trinajstić information content (AvgIpc) is 3.15. The SMILES string of the molecule is CCC(Nc1cnc(C#N)c(Nc2cc(-c3ccccc3)ns2)n1)C(N)=O. The van der Waals surface area contributed by atoms with Gasteiger partial charge < -0.3 is 16.4 Å². The summed E-state index contributed by atoms with van der Waals surface area (Å²) in [6.07, 6.45) is 1.91. The summed E-state index contributed by atoms with van der Waals surface area (Å²) in [5.41, 5.74) is 7.31. The van der Waals surface area contributed by atoms with Gasteiger partial charge in [-0.2, -0.15) is 9.64 Å². The van der Waals surface area contributed by atoms with Gasteiger partial charge in [-0.05, 0) is 18.0 Å². The zero-order chi connectivity index (χ0) is 19.2. The Labute approximate surface area is 160 Å². The van der Waals surface area contributed by atoms with Crippen LogP contribution >= 0.6 is 11.5 Å². The standard InChI is InChI=1S/C18H17N7OS/c1-2-12(17(20)26)22-15-10-21-14(9-19)18(23-15)24-16-8-13(25-27-16)11-6-4-3-5-7-11/h3-8,10,12H,2H2,1H3,(H2,20,26)(H2,22,23,24). The molecule has 27 heavy (non-hydrogen) atoms. The van der Waals surface area contributed by atoms with Crippen LogP contribution in [0.1, 0.15) is 19.0 Å². The van der Waals surface area contributed by atoms with Crippen LogP contribution in [0.25, 0.3) is 11.3 Å². The fourth-order valence-electron chi connectivity index (χ4n) is 2.38. The molecule has 3 rings (SSSR count). The third kappa shape index (κ3) is 4.37. The lowest BCUT2D eigenvalue weighted by Gasteiger charge is -2.14. The second-order valence-electron chi connectivity index (χ2n) is 5.64. The lowest BCUT2D eigenvalue weighted by molar-refractivity contribution is -0.118. The summed E-state index contributed by atoms with van der Waals surface area (Å²) in [7, 11) is 0. The summed E-state index contributed by atoms with van der Waals surface area (Å²) in [4.78, 5) is 19.9. The maximum Gasteiger partial charge on any atom is 0.239 e. The van der Waals surface area contributed by atoms with E-state index in [4.69, 9.17) is 5.73 Å². The molecule has 9 heteroatoms. The van der Waals surface area contributed by atoms with Crippen LogP contribution in [0.2, 0.25) is 0 Å². The quantitative estimate of drug-likeness (QED) is 0.575. The van der Waals surface area contributed by atoms with Gasteiger partial charge >= 0.3 is 0 Å². The molecule has 0 saturated carbocycles. The fraction of sp³-hybridized carbons (Fsp3) is 0.167. The first kappa shape index (κ1) is 18.3. The molecule has 1 aromatic carbocycles. The van der Waals surface area contributed by atoms with Gasteiger partial charge in [0.1, 0.15) is 22.9 Å². The maximum absolute atomic E-state index is 11.4. The molecular weight excluding hydrogens is 362 g/mol. The van der Waals surface area contributed by atoms with Crippen molar-refractivity contribution in [2.24, 2.45) is 5.73 Å². The minimum atomic E-state index is -0.562. The van der Waals surface area contributed by atoms with Crippen LogP contribution in [0.3, 0.4) is 0 Å². The number of aromatic nitrogens is 3. The molecule has 2 heterocycles. The lowest BCUT2D eigenvalue weighted by Crippen LogP contribution is -2.35. The van der Waals surface area contributed by atoms with E-state index in [1.165, 1.54) is 17.7 Å². The zero-order valence-corrected chi connectivity index (χ0v) is 15.3. The minimum Gasteiger partial charge on any atom is -0.368 e. The molecule has 0 fully saturated rings. The Morgan fingerprint density at radius 3 is 2.81 bits per heavy atom. The fourth-order valence-corrected chi connectivity index (χ4v) is 3.04. The summed E-state index contributed by atoms with van der Waals surface area (Å²) < 4.78 is 4.42. The topological polar surface area (TPSA) is 130 Å². The highest BCUT2D eigenvalue weighted by Crippen LogP contribution is 2.28. The highest BCUT2D eigenvalue weighted by atomic mass is 32.1. The van der Waals surface area contributed by atoms with Crippen LogP contribution in [0.15, 0.2) is 42.6 Å². The number of benzene rings is 1. The van der Waals surface area contributed by atoms with E-state index in [1.54, 1.807) is 0 Å².